The molecule has 0 heterocycles. The van der Waals surface area contributed by atoms with Crippen molar-refractivity contribution in [3.63, 3.8) is 0 Å². The summed E-state index contributed by atoms with van der Waals surface area (Å²) in [5.74, 6) is -1.57. The first kappa shape index (κ1) is 28.0. The third kappa shape index (κ3) is 9.42. The summed E-state index contributed by atoms with van der Waals surface area (Å²) >= 11 is 0. The lowest BCUT2D eigenvalue weighted by molar-refractivity contribution is -0.276. The van der Waals surface area contributed by atoms with E-state index < -0.39 is 23.7 Å². The van der Waals surface area contributed by atoms with Crippen molar-refractivity contribution < 1.29 is 26.7 Å². The minimum atomic E-state index is -5.12. The van der Waals surface area contributed by atoms with Crippen LogP contribution in [0.1, 0.15) is 115 Å². The van der Waals surface area contributed by atoms with E-state index in [0.717, 1.165) is 56.1 Å². The third-order valence-electron chi connectivity index (χ3n) is 8.14. The number of hydrogen-bond donors (Lipinski definition) is 0. The Morgan fingerprint density at radius 2 is 1.29 bits per heavy atom. The van der Waals surface area contributed by atoms with E-state index in [4.69, 9.17) is 0 Å². The van der Waals surface area contributed by atoms with E-state index in [1.807, 2.05) is 0 Å². The second kappa shape index (κ2) is 13.6. The molecule has 0 unspecified atom stereocenters. The highest BCUT2D eigenvalue weighted by atomic mass is 19.4. The molecule has 2 fully saturated rings. The van der Waals surface area contributed by atoms with Gasteiger partial charge in [0.05, 0.1) is 0 Å². The van der Waals surface area contributed by atoms with Crippen LogP contribution in [-0.4, -0.2) is 6.36 Å². The first-order valence-electron chi connectivity index (χ1n) is 13.6. The van der Waals surface area contributed by atoms with Gasteiger partial charge in [0.1, 0.15) is 0 Å². The molecule has 0 bridgehead atoms. The highest BCUT2D eigenvalue weighted by Gasteiger charge is 2.35. The van der Waals surface area contributed by atoms with Crippen LogP contribution in [0.3, 0.4) is 0 Å². The molecule has 35 heavy (non-hydrogen) atoms. The quantitative estimate of drug-likeness (QED) is 0.167. The molecule has 0 saturated heterocycles. The van der Waals surface area contributed by atoms with Gasteiger partial charge in [-0.2, -0.15) is 0 Å². The van der Waals surface area contributed by atoms with Crippen LogP contribution in [-0.2, 0) is 0 Å². The number of alkyl halides is 3. The van der Waals surface area contributed by atoms with Crippen molar-refractivity contribution in [2.75, 3.05) is 0 Å². The summed E-state index contributed by atoms with van der Waals surface area (Å²) in [6.45, 7) is 2.17. The van der Waals surface area contributed by atoms with E-state index in [0.29, 0.717) is 11.5 Å². The van der Waals surface area contributed by atoms with Crippen LogP contribution in [0.2, 0.25) is 0 Å². The number of allylic oxidation sites excluding steroid dienone is 2. The summed E-state index contributed by atoms with van der Waals surface area (Å²) in [5, 5.41) is 0. The smallest absolute Gasteiger partial charge is 0.399 e. The lowest BCUT2D eigenvalue weighted by Gasteiger charge is -2.32. The van der Waals surface area contributed by atoms with Gasteiger partial charge in [-0.3, -0.25) is 0 Å². The van der Waals surface area contributed by atoms with Crippen LogP contribution in [0.25, 0.3) is 0 Å². The fourth-order valence-corrected chi connectivity index (χ4v) is 6.07. The first-order chi connectivity index (χ1) is 16.7. The summed E-state index contributed by atoms with van der Waals surface area (Å²) in [4.78, 5) is 0. The van der Waals surface area contributed by atoms with Crippen molar-refractivity contribution in [2.24, 2.45) is 17.8 Å². The van der Waals surface area contributed by atoms with E-state index >= 15 is 0 Å². The molecule has 0 spiro atoms. The molecule has 0 radical (unpaired) electrons. The zero-order chi connectivity index (χ0) is 25.3. The van der Waals surface area contributed by atoms with Gasteiger partial charge in [0.25, 0.3) is 0 Å². The van der Waals surface area contributed by atoms with Gasteiger partial charge in [-0.1, -0.05) is 70.4 Å². The maximum atomic E-state index is 14.1. The molecule has 0 N–H and O–H groups in total. The first-order valence-corrected chi connectivity index (χ1v) is 13.6. The van der Waals surface area contributed by atoms with Gasteiger partial charge >= 0.3 is 6.36 Å². The van der Waals surface area contributed by atoms with E-state index in [1.54, 1.807) is 0 Å². The minimum absolute atomic E-state index is 0.0110. The second-order valence-corrected chi connectivity index (χ2v) is 10.7. The highest BCUT2D eigenvalue weighted by Crippen LogP contribution is 2.41. The summed E-state index contributed by atoms with van der Waals surface area (Å²) in [7, 11) is 0. The predicted octanol–water partition coefficient (Wildman–Crippen LogP) is 10.3. The number of hydrogen-bond acceptors (Lipinski definition) is 1. The lowest BCUT2D eigenvalue weighted by atomic mass is 9.74. The average Bonchev–Trinajstić information content (AvgIpc) is 2.82. The van der Waals surface area contributed by atoms with Crippen LogP contribution < -0.4 is 4.74 Å². The maximum absolute atomic E-state index is 14.1. The molecule has 0 amide bonds. The molecule has 6 heteroatoms. The molecule has 1 nitrogen and oxygen atoms in total. The lowest BCUT2D eigenvalue weighted by Crippen LogP contribution is -2.20. The van der Waals surface area contributed by atoms with Crippen molar-refractivity contribution in [2.45, 2.75) is 116 Å². The minimum Gasteiger partial charge on any atom is -0.399 e. The van der Waals surface area contributed by atoms with Crippen LogP contribution in [0.5, 0.6) is 5.75 Å². The van der Waals surface area contributed by atoms with Crippen LogP contribution in [0.4, 0.5) is 22.0 Å². The van der Waals surface area contributed by atoms with Crippen LogP contribution >= 0.6 is 0 Å². The number of benzene rings is 1. The molecule has 2 saturated carbocycles. The largest absolute Gasteiger partial charge is 0.573 e. The molecule has 1 aromatic rings. The average molecular weight is 501 g/mol. The third-order valence-corrected chi connectivity index (χ3v) is 8.14. The zero-order valence-corrected chi connectivity index (χ0v) is 21.0. The highest BCUT2D eigenvalue weighted by molar-refractivity contribution is 5.33. The SMILES string of the molecule is CC/C=C/CCCCC1CCC(CCC2CCC(c3cc(F)c(OC(F)(F)F)c(F)c3)CC2)CC1. The van der Waals surface area contributed by atoms with E-state index in [2.05, 4.69) is 23.8 Å². The molecule has 0 aliphatic heterocycles. The van der Waals surface area contributed by atoms with Crippen molar-refractivity contribution >= 4 is 0 Å². The molecular formula is C29H41F5O. The zero-order valence-electron chi connectivity index (χ0n) is 21.0. The molecule has 3 rings (SSSR count). The van der Waals surface area contributed by atoms with E-state index in [9.17, 15) is 22.0 Å². The van der Waals surface area contributed by atoms with Crippen molar-refractivity contribution in [1.29, 1.82) is 0 Å². The Kier molecular flexibility index (Phi) is 10.9. The second-order valence-electron chi connectivity index (χ2n) is 10.7. The summed E-state index contributed by atoms with van der Waals surface area (Å²) in [6.07, 6.45) is 17.4. The summed E-state index contributed by atoms with van der Waals surface area (Å²) in [6, 6.07) is 2.02. The van der Waals surface area contributed by atoms with Gasteiger partial charge in [-0.25, -0.2) is 8.78 Å². The van der Waals surface area contributed by atoms with Gasteiger partial charge in [0.15, 0.2) is 11.6 Å². The fraction of sp³-hybridized carbons (Fsp3) is 0.724. The Morgan fingerprint density at radius 3 is 1.80 bits per heavy atom. The van der Waals surface area contributed by atoms with Crippen molar-refractivity contribution in [3.05, 3.63) is 41.5 Å². The predicted molar refractivity (Wildman–Crippen MR) is 130 cm³/mol. The molecular weight excluding hydrogens is 459 g/mol. The van der Waals surface area contributed by atoms with Gasteiger partial charge < -0.3 is 4.74 Å². The molecule has 198 valence electrons. The Hall–Kier alpha value is -1.59. The van der Waals surface area contributed by atoms with Gasteiger partial charge in [0.2, 0.25) is 5.75 Å². The number of halogens is 5. The normalized spacial score (nSPS) is 25.8. The van der Waals surface area contributed by atoms with Gasteiger partial charge in [-0.15, -0.1) is 13.2 Å². The topological polar surface area (TPSA) is 9.23 Å². The van der Waals surface area contributed by atoms with Crippen molar-refractivity contribution in [1.82, 2.24) is 0 Å². The van der Waals surface area contributed by atoms with Crippen LogP contribution in [0, 0.1) is 29.4 Å². The fourth-order valence-electron chi connectivity index (χ4n) is 6.07. The monoisotopic (exact) mass is 500 g/mol. The molecule has 1 aromatic carbocycles. The molecule has 0 aromatic heterocycles. The van der Waals surface area contributed by atoms with Crippen LogP contribution in [0.15, 0.2) is 24.3 Å². The Balaban J connectivity index is 1.34. The summed E-state index contributed by atoms with van der Waals surface area (Å²) < 4.78 is 68.8. The number of rotatable bonds is 11. The van der Waals surface area contributed by atoms with E-state index in [1.165, 1.54) is 64.2 Å². The Labute approximate surface area is 207 Å². The van der Waals surface area contributed by atoms with E-state index in [-0.39, 0.29) is 5.92 Å². The number of ether oxygens (including phenoxy) is 1. The molecule has 0 atom stereocenters. The van der Waals surface area contributed by atoms with Gasteiger partial charge in [0, 0.05) is 0 Å². The standard InChI is InChI=1S/C29H41F5O/c1-2-3-4-5-6-7-8-21-9-11-22(12-10-21)13-14-23-15-17-24(18-16-23)25-19-26(30)28(27(31)20-25)35-29(32,33)34/h3-4,19-24H,2,5-18H2,1H3/b4-3+. The maximum Gasteiger partial charge on any atom is 0.573 e. The van der Waals surface area contributed by atoms with Crippen molar-refractivity contribution in [3.8, 4) is 5.75 Å². The Bertz CT molecular complexity index is 764. The molecule has 2 aliphatic carbocycles. The summed E-state index contributed by atoms with van der Waals surface area (Å²) in [5.41, 5.74) is 0.438. The van der Waals surface area contributed by atoms with Gasteiger partial charge in [-0.05, 0) is 86.3 Å². The Morgan fingerprint density at radius 1 is 0.771 bits per heavy atom. The molecule has 2 aliphatic rings. The number of unbranched alkanes of at least 4 members (excludes halogenated alkanes) is 2.